The molecule has 0 unspecified atom stereocenters. The van der Waals surface area contributed by atoms with E-state index in [4.69, 9.17) is 4.74 Å². The van der Waals surface area contributed by atoms with Crippen LogP contribution in [0, 0.1) is 5.92 Å². The fourth-order valence-corrected chi connectivity index (χ4v) is 7.48. The molecule has 6 nitrogen and oxygen atoms in total. The predicted octanol–water partition coefficient (Wildman–Crippen LogP) is 1.27. The molecule has 1 N–H and O–H groups in total. The SMILES string of the molecule is CCOc1ccc(S(=O)(=O)[C@H]2CS(=O)(=O)C[C@@H]2NCC(C)C)cc1. The molecule has 2 atom stereocenters. The summed E-state index contributed by atoms with van der Waals surface area (Å²) in [6, 6.07) is 5.57. The molecule has 2 rings (SSSR count). The Morgan fingerprint density at radius 3 is 2.38 bits per heavy atom. The molecule has 0 aliphatic carbocycles. The molecule has 0 radical (unpaired) electrons. The van der Waals surface area contributed by atoms with E-state index >= 15 is 0 Å². The van der Waals surface area contributed by atoms with Crippen molar-refractivity contribution in [2.45, 2.75) is 37.0 Å². The monoisotopic (exact) mass is 375 g/mol. The van der Waals surface area contributed by atoms with Crippen LogP contribution in [-0.4, -0.2) is 52.8 Å². The molecule has 1 saturated heterocycles. The summed E-state index contributed by atoms with van der Waals surface area (Å²) in [6.45, 7) is 6.90. The lowest BCUT2D eigenvalue weighted by Gasteiger charge is -2.21. The van der Waals surface area contributed by atoms with Crippen LogP contribution in [0.5, 0.6) is 5.75 Å². The van der Waals surface area contributed by atoms with Crippen molar-refractivity contribution in [1.82, 2.24) is 5.32 Å². The lowest BCUT2D eigenvalue weighted by Crippen LogP contribution is -2.44. The molecule has 8 heteroatoms. The largest absolute Gasteiger partial charge is 0.494 e. The van der Waals surface area contributed by atoms with Crippen LogP contribution in [0.2, 0.25) is 0 Å². The zero-order chi connectivity index (χ0) is 18.0. The molecular weight excluding hydrogens is 350 g/mol. The maximum absolute atomic E-state index is 12.9. The zero-order valence-electron chi connectivity index (χ0n) is 14.2. The van der Waals surface area contributed by atoms with Crippen LogP contribution in [0.25, 0.3) is 0 Å². The summed E-state index contributed by atoms with van der Waals surface area (Å²) in [5.41, 5.74) is 0. The van der Waals surface area contributed by atoms with E-state index in [1.807, 2.05) is 20.8 Å². The van der Waals surface area contributed by atoms with Crippen molar-refractivity contribution < 1.29 is 21.6 Å². The highest BCUT2D eigenvalue weighted by Crippen LogP contribution is 2.27. The molecular formula is C16H25NO5S2. The lowest BCUT2D eigenvalue weighted by molar-refractivity contribution is 0.340. The Labute approximate surface area is 144 Å². The zero-order valence-corrected chi connectivity index (χ0v) is 15.9. The maximum Gasteiger partial charge on any atom is 0.183 e. The second-order valence-electron chi connectivity index (χ2n) is 6.47. The van der Waals surface area contributed by atoms with Gasteiger partial charge in [-0.3, -0.25) is 0 Å². The first-order chi connectivity index (χ1) is 11.2. The molecule has 0 saturated carbocycles. The van der Waals surface area contributed by atoms with Gasteiger partial charge >= 0.3 is 0 Å². The van der Waals surface area contributed by atoms with Crippen molar-refractivity contribution in [2.75, 3.05) is 24.7 Å². The van der Waals surface area contributed by atoms with Gasteiger partial charge in [-0.25, -0.2) is 16.8 Å². The van der Waals surface area contributed by atoms with Gasteiger partial charge in [-0.1, -0.05) is 13.8 Å². The topological polar surface area (TPSA) is 89.5 Å². The molecule has 1 aromatic carbocycles. The summed E-state index contributed by atoms with van der Waals surface area (Å²) in [5, 5.41) is 2.15. The van der Waals surface area contributed by atoms with E-state index in [1.165, 1.54) is 12.1 Å². The Morgan fingerprint density at radius 1 is 1.21 bits per heavy atom. The van der Waals surface area contributed by atoms with Crippen molar-refractivity contribution in [3.05, 3.63) is 24.3 Å². The summed E-state index contributed by atoms with van der Waals surface area (Å²) in [5.74, 6) is 0.422. The molecule has 0 spiro atoms. The number of nitrogens with one attached hydrogen (secondary N) is 1. The van der Waals surface area contributed by atoms with E-state index < -0.39 is 31.0 Å². The van der Waals surface area contributed by atoms with Gasteiger partial charge in [0.25, 0.3) is 0 Å². The number of hydrogen-bond acceptors (Lipinski definition) is 6. The van der Waals surface area contributed by atoms with Crippen LogP contribution in [0.15, 0.2) is 29.2 Å². The summed E-state index contributed by atoms with van der Waals surface area (Å²) < 4.78 is 55.1. The Morgan fingerprint density at radius 2 is 1.83 bits per heavy atom. The fourth-order valence-electron chi connectivity index (χ4n) is 2.77. The normalized spacial score (nSPS) is 23.5. The third-order valence-electron chi connectivity index (χ3n) is 3.95. The molecule has 0 amide bonds. The summed E-state index contributed by atoms with van der Waals surface area (Å²) in [4.78, 5) is 0.129. The minimum Gasteiger partial charge on any atom is -0.494 e. The Hall–Kier alpha value is -1.12. The second kappa shape index (κ2) is 7.41. The standard InChI is InChI=1S/C16H25NO5S2/c1-4-22-13-5-7-14(8-6-13)24(20,21)16-11-23(18,19)10-15(16)17-9-12(2)3/h5-8,12,15-17H,4,9-11H2,1-3H3/t15-,16-/m0/s1. The van der Waals surface area contributed by atoms with Crippen LogP contribution < -0.4 is 10.1 Å². The molecule has 24 heavy (non-hydrogen) atoms. The Bertz CT molecular complexity index is 754. The third kappa shape index (κ3) is 4.49. The number of hydrogen-bond donors (Lipinski definition) is 1. The average molecular weight is 376 g/mol. The summed E-state index contributed by atoms with van der Waals surface area (Å²) >= 11 is 0. The second-order valence-corrected chi connectivity index (χ2v) is 10.8. The van der Waals surface area contributed by atoms with Gasteiger partial charge in [0.15, 0.2) is 19.7 Å². The molecule has 0 bridgehead atoms. The average Bonchev–Trinajstić information content (AvgIpc) is 2.82. The maximum atomic E-state index is 12.9. The third-order valence-corrected chi connectivity index (χ3v) is 8.12. The molecule has 1 heterocycles. The molecule has 1 aliphatic heterocycles. The van der Waals surface area contributed by atoms with E-state index in [9.17, 15) is 16.8 Å². The van der Waals surface area contributed by atoms with E-state index in [0.29, 0.717) is 24.8 Å². The van der Waals surface area contributed by atoms with E-state index in [1.54, 1.807) is 12.1 Å². The highest BCUT2D eigenvalue weighted by molar-refractivity contribution is 7.96. The number of ether oxygens (including phenoxy) is 1. The minimum absolute atomic E-state index is 0.129. The molecule has 0 aromatic heterocycles. The van der Waals surface area contributed by atoms with Crippen molar-refractivity contribution >= 4 is 19.7 Å². The van der Waals surface area contributed by atoms with Crippen molar-refractivity contribution in [3.63, 3.8) is 0 Å². The highest BCUT2D eigenvalue weighted by Gasteiger charge is 2.45. The van der Waals surface area contributed by atoms with E-state index in [0.717, 1.165) is 0 Å². The highest BCUT2D eigenvalue weighted by atomic mass is 32.2. The number of benzene rings is 1. The quantitative estimate of drug-likeness (QED) is 0.772. The first-order valence-electron chi connectivity index (χ1n) is 8.06. The van der Waals surface area contributed by atoms with Crippen LogP contribution in [0.4, 0.5) is 0 Å². The van der Waals surface area contributed by atoms with Crippen LogP contribution in [0.1, 0.15) is 20.8 Å². The molecule has 1 aliphatic rings. The minimum atomic E-state index is -3.74. The molecule has 1 fully saturated rings. The molecule has 136 valence electrons. The number of rotatable bonds is 7. The fraction of sp³-hybridized carbons (Fsp3) is 0.625. The van der Waals surface area contributed by atoms with Gasteiger partial charge in [-0.15, -0.1) is 0 Å². The van der Waals surface area contributed by atoms with Crippen molar-refractivity contribution in [3.8, 4) is 5.75 Å². The van der Waals surface area contributed by atoms with Crippen LogP contribution in [0.3, 0.4) is 0 Å². The molecule has 1 aromatic rings. The summed E-state index contributed by atoms with van der Waals surface area (Å²) in [6.07, 6.45) is 0. The van der Waals surface area contributed by atoms with Gasteiger partial charge in [0.1, 0.15) is 5.75 Å². The van der Waals surface area contributed by atoms with Crippen molar-refractivity contribution in [1.29, 1.82) is 0 Å². The first kappa shape index (κ1) is 19.2. The van der Waals surface area contributed by atoms with Gasteiger partial charge in [0, 0.05) is 6.04 Å². The van der Waals surface area contributed by atoms with Crippen molar-refractivity contribution in [2.24, 2.45) is 5.92 Å². The van der Waals surface area contributed by atoms with Gasteiger partial charge in [0.05, 0.1) is 28.3 Å². The number of sulfone groups is 2. The van der Waals surface area contributed by atoms with Crippen LogP contribution >= 0.6 is 0 Å². The van der Waals surface area contributed by atoms with Crippen LogP contribution in [-0.2, 0) is 19.7 Å². The Kier molecular flexibility index (Phi) is 5.93. The van der Waals surface area contributed by atoms with Gasteiger partial charge in [-0.05, 0) is 43.7 Å². The van der Waals surface area contributed by atoms with Gasteiger partial charge in [-0.2, -0.15) is 0 Å². The lowest BCUT2D eigenvalue weighted by atomic mass is 10.2. The van der Waals surface area contributed by atoms with E-state index in [2.05, 4.69) is 5.32 Å². The van der Waals surface area contributed by atoms with Gasteiger partial charge < -0.3 is 10.1 Å². The first-order valence-corrected chi connectivity index (χ1v) is 11.4. The summed E-state index contributed by atoms with van der Waals surface area (Å²) in [7, 11) is -7.10. The smallest absolute Gasteiger partial charge is 0.183 e. The van der Waals surface area contributed by atoms with E-state index in [-0.39, 0.29) is 16.4 Å². The Balaban J connectivity index is 2.27. The van der Waals surface area contributed by atoms with Gasteiger partial charge in [0.2, 0.25) is 0 Å². The predicted molar refractivity (Wildman–Crippen MR) is 93.9 cm³/mol.